The third-order valence-corrected chi connectivity index (χ3v) is 3.50. The molecule has 0 bridgehead atoms. The van der Waals surface area contributed by atoms with Crippen LogP contribution in [0, 0.1) is 0 Å². The Morgan fingerprint density at radius 3 is 2.33 bits per heavy atom. The van der Waals surface area contributed by atoms with Gasteiger partial charge in [-0.2, -0.15) is 0 Å². The molecule has 0 aromatic heterocycles. The number of rotatable bonds is 11. The zero-order chi connectivity index (χ0) is 15.5. The summed E-state index contributed by atoms with van der Waals surface area (Å²) in [5.74, 6) is 0.462. The van der Waals surface area contributed by atoms with Crippen molar-refractivity contribution in [3.63, 3.8) is 0 Å². The average Bonchev–Trinajstić information content (AvgIpc) is 2.46. The van der Waals surface area contributed by atoms with E-state index >= 15 is 0 Å². The standard InChI is InChI=1S/C17H28N2O2/c1-2-3-4-5-6-7-12-21-15-10-8-14(9-11-15)16(18)13-17(19)20/h8-11,16H,2-7,12-13,18H2,1H3,(H2,19,20). The normalized spacial score (nSPS) is 12.1. The van der Waals surface area contributed by atoms with Gasteiger partial charge >= 0.3 is 0 Å². The van der Waals surface area contributed by atoms with Crippen LogP contribution in [-0.2, 0) is 4.79 Å². The summed E-state index contributed by atoms with van der Waals surface area (Å²) in [4.78, 5) is 10.8. The van der Waals surface area contributed by atoms with Crippen molar-refractivity contribution in [3.05, 3.63) is 29.8 Å². The molecule has 0 fully saturated rings. The maximum atomic E-state index is 10.8. The highest BCUT2D eigenvalue weighted by molar-refractivity contribution is 5.74. The molecule has 0 aliphatic carbocycles. The zero-order valence-electron chi connectivity index (χ0n) is 13.0. The molecule has 1 unspecified atom stereocenters. The van der Waals surface area contributed by atoms with E-state index in [1.54, 1.807) is 0 Å². The fourth-order valence-corrected chi connectivity index (χ4v) is 2.22. The Balaban J connectivity index is 2.23. The second-order valence-corrected chi connectivity index (χ2v) is 5.46. The average molecular weight is 292 g/mol. The molecule has 0 aliphatic heterocycles. The summed E-state index contributed by atoms with van der Waals surface area (Å²) in [6.45, 7) is 2.97. The van der Waals surface area contributed by atoms with E-state index in [1.807, 2.05) is 24.3 Å². The molecule has 0 radical (unpaired) electrons. The number of benzene rings is 1. The number of amides is 1. The summed E-state index contributed by atoms with van der Waals surface area (Å²) in [5, 5.41) is 0. The number of hydrogen-bond acceptors (Lipinski definition) is 3. The van der Waals surface area contributed by atoms with Crippen LogP contribution in [-0.4, -0.2) is 12.5 Å². The van der Waals surface area contributed by atoms with Gasteiger partial charge in [0.15, 0.2) is 0 Å². The second kappa shape index (κ2) is 10.2. The lowest BCUT2D eigenvalue weighted by Gasteiger charge is -2.11. The molecule has 0 spiro atoms. The van der Waals surface area contributed by atoms with Crippen molar-refractivity contribution in [2.24, 2.45) is 11.5 Å². The highest BCUT2D eigenvalue weighted by Gasteiger charge is 2.09. The quantitative estimate of drug-likeness (QED) is 0.614. The number of nitrogens with two attached hydrogens (primary N) is 2. The van der Waals surface area contributed by atoms with Crippen molar-refractivity contribution in [3.8, 4) is 5.75 Å². The van der Waals surface area contributed by atoms with Crippen LogP contribution in [0.25, 0.3) is 0 Å². The smallest absolute Gasteiger partial charge is 0.219 e. The molecule has 0 saturated carbocycles. The lowest BCUT2D eigenvalue weighted by Crippen LogP contribution is -2.20. The first-order valence-corrected chi connectivity index (χ1v) is 7.90. The first-order valence-electron chi connectivity index (χ1n) is 7.90. The number of ether oxygens (including phenoxy) is 1. The summed E-state index contributed by atoms with van der Waals surface area (Å²) in [6.07, 6.45) is 7.70. The molecule has 4 heteroatoms. The third-order valence-electron chi connectivity index (χ3n) is 3.50. The van der Waals surface area contributed by atoms with E-state index in [2.05, 4.69) is 6.92 Å². The summed E-state index contributed by atoms with van der Waals surface area (Å²) in [7, 11) is 0. The van der Waals surface area contributed by atoms with Crippen LogP contribution in [0.2, 0.25) is 0 Å². The van der Waals surface area contributed by atoms with Gasteiger partial charge in [0.1, 0.15) is 5.75 Å². The number of carbonyl (C=O) groups excluding carboxylic acids is 1. The van der Waals surface area contributed by atoms with Crippen molar-refractivity contribution in [1.29, 1.82) is 0 Å². The van der Waals surface area contributed by atoms with Gasteiger partial charge in [0.2, 0.25) is 5.91 Å². The van der Waals surface area contributed by atoms with Crippen molar-refractivity contribution in [2.45, 2.75) is 57.9 Å². The Morgan fingerprint density at radius 2 is 1.71 bits per heavy atom. The number of unbranched alkanes of at least 4 members (excludes halogenated alkanes) is 5. The maximum absolute atomic E-state index is 10.8. The third kappa shape index (κ3) is 7.71. The van der Waals surface area contributed by atoms with E-state index in [4.69, 9.17) is 16.2 Å². The summed E-state index contributed by atoms with van der Waals surface area (Å²) in [5.41, 5.74) is 11.9. The first-order chi connectivity index (χ1) is 10.1. The molecule has 1 aromatic rings. The molecular weight excluding hydrogens is 264 g/mol. The van der Waals surface area contributed by atoms with Crippen LogP contribution in [0.1, 0.15) is 63.5 Å². The summed E-state index contributed by atoms with van der Waals surface area (Å²) < 4.78 is 5.70. The molecule has 0 saturated heterocycles. The topological polar surface area (TPSA) is 78.3 Å². The minimum Gasteiger partial charge on any atom is -0.494 e. The lowest BCUT2D eigenvalue weighted by molar-refractivity contribution is -0.118. The Hall–Kier alpha value is -1.55. The predicted octanol–water partition coefficient (Wildman–Crippen LogP) is 3.30. The van der Waals surface area contributed by atoms with Crippen LogP contribution in [0.3, 0.4) is 0 Å². The minimum atomic E-state index is -0.383. The summed E-state index contributed by atoms with van der Waals surface area (Å²) in [6, 6.07) is 7.24. The molecule has 4 nitrogen and oxygen atoms in total. The van der Waals surface area contributed by atoms with Gasteiger partial charge in [-0.15, -0.1) is 0 Å². The molecule has 1 rings (SSSR count). The largest absolute Gasteiger partial charge is 0.494 e. The number of hydrogen-bond donors (Lipinski definition) is 2. The van der Waals surface area contributed by atoms with Crippen molar-refractivity contribution in [2.75, 3.05) is 6.61 Å². The number of carbonyl (C=O) groups is 1. The van der Waals surface area contributed by atoms with Gasteiger partial charge in [-0.3, -0.25) is 4.79 Å². The van der Waals surface area contributed by atoms with Crippen LogP contribution >= 0.6 is 0 Å². The molecule has 0 aliphatic rings. The van der Waals surface area contributed by atoms with Gasteiger partial charge in [-0.25, -0.2) is 0 Å². The fraction of sp³-hybridized carbons (Fsp3) is 0.588. The maximum Gasteiger partial charge on any atom is 0.219 e. The van der Waals surface area contributed by atoms with Crippen LogP contribution in [0.4, 0.5) is 0 Å². The number of primary amides is 1. The fourth-order valence-electron chi connectivity index (χ4n) is 2.22. The predicted molar refractivity (Wildman–Crippen MR) is 86.1 cm³/mol. The van der Waals surface area contributed by atoms with E-state index in [1.165, 1.54) is 32.1 Å². The van der Waals surface area contributed by atoms with E-state index in [0.717, 1.165) is 24.3 Å². The molecule has 1 atom stereocenters. The first kappa shape index (κ1) is 17.5. The van der Waals surface area contributed by atoms with Gasteiger partial charge in [-0.05, 0) is 24.1 Å². The van der Waals surface area contributed by atoms with Crippen LogP contribution < -0.4 is 16.2 Å². The van der Waals surface area contributed by atoms with Gasteiger partial charge < -0.3 is 16.2 Å². The van der Waals surface area contributed by atoms with Crippen LogP contribution in [0.5, 0.6) is 5.75 Å². The molecule has 0 heterocycles. The Morgan fingerprint density at radius 1 is 1.10 bits per heavy atom. The van der Waals surface area contributed by atoms with E-state index < -0.39 is 0 Å². The van der Waals surface area contributed by atoms with Gasteiger partial charge in [-0.1, -0.05) is 51.2 Å². The molecule has 1 aromatic carbocycles. The molecule has 118 valence electrons. The van der Waals surface area contributed by atoms with E-state index in [0.29, 0.717) is 0 Å². The van der Waals surface area contributed by atoms with Gasteiger partial charge in [0, 0.05) is 12.5 Å². The second-order valence-electron chi connectivity index (χ2n) is 5.46. The minimum absolute atomic E-state index is 0.165. The van der Waals surface area contributed by atoms with Gasteiger partial charge in [0.05, 0.1) is 6.61 Å². The SMILES string of the molecule is CCCCCCCCOc1ccc(C(N)CC(N)=O)cc1. The van der Waals surface area contributed by atoms with E-state index in [9.17, 15) is 4.79 Å². The monoisotopic (exact) mass is 292 g/mol. The highest BCUT2D eigenvalue weighted by atomic mass is 16.5. The molecular formula is C17H28N2O2. The molecule has 21 heavy (non-hydrogen) atoms. The molecule has 4 N–H and O–H groups in total. The Bertz CT molecular complexity index is 404. The van der Waals surface area contributed by atoms with Gasteiger partial charge in [0.25, 0.3) is 0 Å². The highest BCUT2D eigenvalue weighted by Crippen LogP contribution is 2.18. The lowest BCUT2D eigenvalue weighted by atomic mass is 10.0. The van der Waals surface area contributed by atoms with E-state index in [-0.39, 0.29) is 18.4 Å². The summed E-state index contributed by atoms with van der Waals surface area (Å²) >= 11 is 0. The zero-order valence-corrected chi connectivity index (χ0v) is 13.0. The Labute approximate surface area is 127 Å². The molecule has 1 amide bonds. The van der Waals surface area contributed by atoms with Crippen LogP contribution in [0.15, 0.2) is 24.3 Å². The Kier molecular flexibility index (Phi) is 8.51. The van der Waals surface area contributed by atoms with Crippen molar-refractivity contribution in [1.82, 2.24) is 0 Å². The van der Waals surface area contributed by atoms with Crippen molar-refractivity contribution < 1.29 is 9.53 Å². The van der Waals surface area contributed by atoms with Crippen molar-refractivity contribution >= 4 is 5.91 Å².